The Morgan fingerprint density at radius 2 is 2.24 bits per heavy atom. The highest BCUT2D eigenvalue weighted by atomic mass is 16.5. The van der Waals surface area contributed by atoms with E-state index in [0.717, 1.165) is 31.7 Å². The number of anilines is 1. The number of methoxy groups -OCH3 is 1. The van der Waals surface area contributed by atoms with Crippen molar-refractivity contribution in [1.82, 2.24) is 10.3 Å². The first kappa shape index (κ1) is 11.9. The predicted octanol–water partition coefficient (Wildman–Crippen LogP) is 1.03. The number of hydrogen-bond acceptors (Lipinski definition) is 5. The van der Waals surface area contributed by atoms with Gasteiger partial charge in [-0.05, 0) is 38.1 Å². The number of carbonyl (C=O) groups excluding carboxylic acids is 1. The molecule has 0 radical (unpaired) electrons. The predicted molar refractivity (Wildman–Crippen MR) is 65.1 cm³/mol. The number of pyridine rings is 1. The molecule has 0 aliphatic carbocycles. The van der Waals surface area contributed by atoms with Gasteiger partial charge in [-0.3, -0.25) is 0 Å². The summed E-state index contributed by atoms with van der Waals surface area (Å²) in [7, 11) is 1.36. The largest absolute Gasteiger partial charge is 0.465 e. The van der Waals surface area contributed by atoms with Crippen molar-refractivity contribution in [2.45, 2.75) is 18.9 Å². The van der Waals surface area contributed by atoms with Crippen LogP contribution in [0.25, 0.3) is 0 Å². The molecule has 1 aliphatic heterocycles. The van der Waals surface area contributed by atoms with E-state index in [2.05, 4.69) is 20.4 Å². The molecule has 0 unspecified atom stereocenters. The molecule has 5 nitrogen and oxygen atoms in total. The topological polar surface area (TPSA) is 63.2 Å². The standard InChI is InChI=1S/C12H17N3O2/c1-17-12(16)9-2-3-11(14-8-9)15-10-4-6-13-7-5-10/h2-3,8,10,13H,4-7H2,1H3,(H,14,15). The van der Waals surface area contributed by atoms with Crippen LogP contribution in [0.4, 0.5) is 5.82 Å². The van der Waals surface area contributed by atoms with Crippen molar-refractivity contribution in [1.29, 1.82) is 0 Å². The molecule has 0 spiro atoms. The first-order valence-corrected chi connectivity index (χ1v) is 5.81. The molecular weight excluding hydrogens is 218 g/mol. The van der Waals surface area contributed by atoms with Gasteiger partial charge in [0.1, 0.15) is 5.82 Å². The molecule has 1 saturated heterocycles. The lowest BCUT2D eigenvalue weighted by Gasteiger charge is -2.24. The minimum atomic E-state index is -0.356. The summed E-state index contributed by atoms with van der Waals surface area (Å²) in [6, 6.07) is 4.00. The van der Waals surface area contributed by atoms with Crippen molar-refractivity contribution in [3.63, 3.8) is 0 Å². The average Bonchev–Trinajstić information content (AvgIpc) is 2.40. The molecule has 92 valence electrons. The normalized spacial score (nSPS) is 16.5. The van der Waals surface area contributed by atoms with Gasteiger partial charge in [0.05, 0.1) is 12.7 Å². The quantitative estimate of drug-likeness (QED) is 0.766. The molecule has 5 heteroatoms. The van der Waals surface area contributed by atoms with Crippen molar-refractivity contribution in [2.24, 2.45) is 0 Å². The van der Waals surface area contributed by atoms with Crippen LogP contribution in [0, 0.1) is 0 Å². The molecule has 17 heavy (non-hydrogen) atoms. The summed E-state index contributed by atoms with van der Waals surface area (Å²) in [6.07, 6.45) is 3.73. The molecule has 2 heterocycles. The number of piperidine rings is 1. The Hall–Kier alpha value is -1.62. The Bertz CT molecular complexity index is 372. The lowest BCUT2D eigenvalue weighted by atomic mass is 10.1. The highest BCUT2D eigenvalue weighted by Crippen LogP contribution is 2.11. The molecule has 1 aromatic rings. The number of ether oxygens (including phenoxy) is 1. The van der Waals surface area contributed by atoms with Crippen LogP contribution < -0.4 is 10.6 Å². The number of esters is 1. The van der Waals surface area contributed by atoms with E-state index >= 15 is 0 Å². The van der Waals surface area contributed by atoms with E-state index in [0.29, 0.717) is 11.6 Å². The number of rotatable bonds is 3. The van der Waals surface area contributed by atoms with Crippen LogP contribution in [0.5, 0.6) is 0 Å². The van der Waals surface area contributed by atoms with Gasteiger partial charge in [-0.1, -0.05) is 0 Å². The van der Waals surface area contributed by atoms with Gasteiger partial charge in [0.2, 0.25) is 0 Å². The molecule has 1 aliphatic rings. The van der Waals surface area contributed by atoms with Gasteiger partial charge in [-0.25, -0.2) is 9.78 Å². The summed E-state index contributed by atoms with van der Waals surface area (Å²) in [5.74, 6) is 0.454. The fourth-order valence-electron chi connectivity index (χ4n) is 1.89. The van der Waals surface area contributed by atoms with E-state index in [1.54, 1.807) is 6.07 Å². The summed E-state index contributed by atoms with van der Waals surface area (Å²) in [5.41, 5.74) is 0.475. The number of hydrogen-bond donors (Lipinski definition) is 2. The van der Waals surface area contributed by atoms with Crippen molar-refractivity contribution in [3.8, 4) is 0 Å². The molecule has 1 fully saturated rings. The molecule has 0 atom stereocenters. The number of nitrogens with one attached hydrogen (secondary N) is 2. The molecule has 0 saturated carbocycles. The van der Waals surface area contributed by atoms with E-state index in [9.17, 15) is 4.79 Å². The molecule has 2 rings (SSSR count). The van der Waals surface area contributed by atoms with Gasteiger partial charge in [-0.2, -0.15) is 0 Å². The summed E-state index contributed by atoms with van der Waals surface area (Å²) >= 11 is 0. The Morgan fingerprint density at radius 3 is 2.82 bits per heavy atom. The van der Waals surface area contributed by atoms with Gasteiger partial charge >= 0.3 is 5.97 Å². The van der Waals surface area contributed by atoms with Crippen LogP contribution in [-0.2, 0) is 4.74 Å². The highest BCUT2D eigenvalue weighted by molar-refractivity contribution is 5.89. The van der Waals surface area contributed by atoms with Crippen LogP contribution in [0.3, 0.4) is 0 Å². The molecule has 0 bridgehead atoms. The Balaban J connectivity index is 1.95. The van der Waals surface area contributed by atoms with Crippen LogP contribution in [0.1, 0.15) is 23.2 Å². The van der Waals surface area contributed by atoms with Crippen LogP contribution in [0.15, 0.2) is 18.3 Å². The van der Waals surface area contributed by atoms with Crippen LogP contribution in [-0.4, -0.2) is 37.2 Å². The third-order valence-electron chi connectivity index (χ3n) is 2.88. The summed E-state index contributed by atoms with van der Waals surface area (Å²) in [5, 5.41) is 6.67. The Kier molecular flexibility index (Phi) is 3.93. The number of carbonyl (C=O) groups is 1. The lowest BCUT2D eigenvalue weighted by molar-refractivity contribution is 0.0600. The average molecular weight is 235 g/mol. The zero-order valence-electron chi connectivity index (χ0n) is 9.90. The van der Waals surface area contributed by atoms with Gasteiger partial charge in [0.15, 0.2) is 0 Å². The van der Waals surface area contributed by atoms with Gasteiger partial charge in [0, 0.05) is 12.2 Å². The van der Waals surface area contributed by atoms with E-state index in [-0.39, 0.29) is 5.97 Å². The molecule has 1 aromatic heterocycles. The van der Waals surface area contributed by atoms with E-state index < -0.39 is 0 Å². The molecule has 0 amide bonds. The lowest BCUT2D eigenvalue weighted by Crippen LogP contribution is -2.35. The minimum Gasteiger partial charge on any atom is -0.465 e. The second kappa shape index (κ2) is 5.63. The maximum Gasteiger partial charge on any atom is 0.339 e. The summed E-state index contributed by atoms with van der Waals surface area (Å²) < 4.78 is 4.62. The second-order valence-electron chi connectivity index (χ2n) is 4.09. The first-order chi connectivity index (χ1) is 8.29. The Morgan fingerprint density at radius 1 is 1.47 bits per heavy atom. The number of nitrogens with zero attached hydrogens (tertiary/aromatic N) is 1. The minimum absolute atomic E-state index is 0.356. The molecule has 0 aromatic carbocycles. The van der Waals surface area contributed by atoms with E-state index in [4.69, 9.17) is 0 Å². The fourth-order valence-corrected chi connectivity index (χ4v) is 1.89. The fraction of sp³-hybridized carbons (Fsp3) is 0.500. The zero-order valence-corrected chi connectivity index (χ0v) is 9.90. The van der Waals surface area contributed by atoms with Crippen molar-refractivity contribution < 1.29 is 9.53 Å². The van der Waals surface area contributed by atoms with E-state index in [1.807, 2.05) is 6.07 Å². The van der Waals surface area contributed by atoms with Crippen molar-refractivity contribution >= 4 is 11.8 Å². The maximum atomic E-state index is 11.2. The zero-order chi connectivity index (χ0) is 12.1. The third kappa shape index (κ3) is 3.17. The third-order valence-corrected chi connectivity index (χ3v) is 2.88. The monoisotopic (exact) mass is 235 g/mol. The van der Waals surface area contributed by atoms with E-state index in [1.165, 1.54) is 13.3 Å². The smallest absolute Gasteiger partial charge is 0.339 e. The van der Waals surface area contributed by atoms with Gasteiger partial charge in [0.25, 0.3) is 0 Å². The maximum absolute atomic E-state index is 11.2. The SMILES string of the molecule is COC(=O)c1ccc(NC2CCNCC2)nc1. The van der Waals surface area contributed by atoms with Crippen LogP contribution >= 0.6 is 0 Å². The van der Waals surface area contributed by atoms with Crippen molar-refractivity contribution in [2.75, 3.05) is 25.5 Å². The summed E-state index contributed by atoms with van der Waals surface area (Å²) in [6.45, 7) is 2.08. The van der Waals surface area contributed by atoms with Crippen molar-refractivity contribution in [3.05, 3.63) is 23.9 Å². The molecular formula is C12H17N3O2. The molecule has 2 N–H and O–H groups in total. The highest BCUT2D eigenvalue weighted by Gasteiger charge is 2.13. The number of aromatic nitrogens is 1. The van der Waals surface area contributed by atoms with Gasteiger partial charge in [-0.15, -0.1) is 0 Å². The first-order valence-electron chi connectivity index (χ1n) is 5.81. The second-order valence-corrected chi connectivity index (χ2v) is 4.09. The van der Waals surface area contributed by atoms with Crippen LogP contribution in [0.2, 0.25) is 0 Å². The van der Waals surface area contributed by atoms with Gasteiger partial charge < -0.3 is 15.4 Å². The Labute approximate surface area is 101 Å². The summed E-state index contributed by atoms with van der Waals surface area (Å²) in [4.78, 5) is 15.4.